The summed E-state index contributed by atoms with van der Waals surface area (Å²) in [5, 5.41) is 24.6. The number of carbonyl (C=O) groups is 2. The number of fused-ring (bicyclic) bond motifs is 1. The lowest BCUT2D eigenvalue weighted by Crippen LogP contribution is -2.61. The monoisotopic (exact) mass is 562 g/mol. The van der Waals surface area contributed by atoms with Crippen molar-refractivity contribution in [3.05, 3.63) is 12.1 Å². The van der Waals surface area contributed by atoms with Crippen LogP contribution in [0.1, 0.15) is 65.2 Å². The number of likely N-dealkylation sites (tertiary alicyclic amines) is 1. The first kappa shape index (κ1) is 30.2. The number of benzene rings is 1. The second-order valence-corrected chi connectivity index (χ2v) is 12.1. The average Bonchev–Trinajstić information content (AvgIpc) is 2.96. The van der Waals surface area contributed by atoms with E-state index in [1.54, 1.807) is 12.1 Å². The topological polar surface area (TPSA) is 127 Å². The highest BCUT2D eigenvalue weighted by atomic mass is 16.6. The Hall–Kier alpha value is -2.72. The fourth-order valence-electron chi connectivity index (χ4n) is 7.67. The molecule has 0 radical (unpaired) electrons. The maximum atomic E-state index is 13.2. The molecule has 40 heavy (non-hydrogen) atoms. The van der Waals surface area contributed by atoms with E-state index in [-0.39, 0.29) is 29.8 Å². The number of aliphatic hydroxyl groups is 2. The summed E-state index contributed by atoms with van der Waals surface area (Å²) in [5.74, 6) is 1.09. The van der Waals surface area contributed by atoms with Crippen molar-refractivity contribution in [2.75, 3.05) is 46.3 Å². The third kappa shape index (κ3) is 5.70. The molecule has 6 atom stereocenters. The van der Waals surface area contributed by atoms with E-state index >= 15 is 0 Å². The molecule has 1 aliphatic heterocycles. The van der Waals surface area contributed by atoms with Crippen LogP contribution in [0.4, 0.5) is 10.5 Å². The van der Waals surface area contributed by atoms with Crippen molar-refractivity contribution >= 4 is 17.7 Å². The quantitative estimate of drug-likeness (QED) is 0.430. The molecule has 10 heteroatoms. The Morgan fingerprint density at radius 2 is 1.65 bits per heavy atom. The van der Waals surface area contributed by atoms with Crippen LogP contribution < -0.4 is 19.5 Å². The van der Waals surface area contributed by atoms with E-state index in [9.17, 15) is 19.8 Å². The van der Waals surface area contributed by atoms with Gasteiger partial charge < -0.3 is 34.1 Å². The molecule has 0 aromatic heterocycles. The number of nitrogens with zero attached hydrogens (tertiary/aromatic N) is 1. The van der Waals surface area contributed by atoms with E-state index in [0.717, 1.165) is 32.4 Å². The highest BCUT2D eigenvalue weighted by Crippen LogP contribution is 2.61. The number of piperidine rings is 1. The largest absolute Gasteiger partial charge is 0.493 e. The van der Waals surface area contributed by atoms with Crippen LogP contribution in [0, 0.1) is 22.7 Å². The zero-order chi connectivity index (χ0) is 29.1. The molecule has 3 N–H and O–H groups in total. The van der Waals surface area contributed by atoms with Gasteiger partial charge in [-0.3, -0.25) is 10.1 Å². The Kier molecular flexibility index (Phi) is 9.40. The van der Waals surface area contributed by atoms with Gasteiger partial charge in [-0.15, -0.1) is 0 Å². The Morgan fingerprint density at radius 1 is 1.00 bits per heavy atom. The maximum absolute atomic E-state index is 13.2. The molecule has 1 unspecified atom stereocenters. The van der Waals surface area contributed by atoms with Gasteiger partial charge in [-0.1, -0.05) is 13.8 Å². The summed E-state index contributed by atoms with van der Waals surface area (Å²) in [6.07, 6.45) is 4.22. The first-order chi connectivity index (χ1) is 19.1. The van der Waals surface area contributed by atoms with E-state index in [4.69, 9.17) is 18.9 Å². The highest BCUT2D eigenvalue weighted by Gasteiger charge is 2.60. The zero-order valence-electron chi connectivity index (χ0n) is 24.5. The van der Waals surface area contributed by atoms with Gasteiger partial charge in [0, 0.05) is 37.1 Å². The number of hydrogen-bond acceptors (Lipinski definition) is 8. The second kappa shape index (κ2) is 12.4. The van der Waals surface area contributed by atoms with Gasteiger partial charge >= 0.3 is 6.09 Å². The van der Waals surface area contributed by atoms with Crippen molar-refractivity contribution in [2.45, 2.75) is 77.4 Å². The number of aliphatic hydroxyl groups excluding tert-OH is 2. The average molecular weight is 563 g/mol. The number of rotatable bonds is 8. The lowest BCUT2D eigenvalue weighted by atomic mass is 9.46. The Morgan fingerprint density at radius 3 is 2.23 bits per heavy atom. The summed E-state index contributed by atoms with van der Waals surface area (Å²) in [6.45, 7) is 5.51. The second-order valence-electron chi connectivity index (χ2n) is 12.1. The molecular weight excluding hydrogens is 516 g/mol. The lowest BCUT2D eigenvalue weighted by Gasteiger charge is -2.60. The molecule has 3 aliphatic rings. The third-order valence-corrected chi connectivity index (χ3v) is 9.94. The summed E-state index contributed by atoms with van der Waals surface area (Å²) in [5.41, 5.74) is -0.678. The van der Waals surface area contributed by atoms with Gasteiger partial charge in [-0.25, -0.2) is 4.79 Å². The van der Waals surface area contributed by atoms with Gasteiger partial charge in [-0.2, -0.15) is 0 Å². The van der Waals surface area contributed by atoms with Crippen LogP contribution in [0.5, 0.6) is 17.2 Å². The molecule has 4 rings (SSSR count). The summed E-state index contributed by atoms with van der Waals surface area (Å²) in [6, 6.07) is 3.25. The SMILES string of the molecule is COc1cc(NC(=O)O[C@@H]2CC[C@]3(C)C(CC[C@@H](O)[C@H]3CC(=O)N3CCCCC3)[C@]2(C)CO)cc(OC)c1OC. The molecule has 0 spiro atoms. The number of anilines is 1. The molecule has 1 heterocycles. The van der Waals surface area contributed by atoms with Gasteiger partial charge in [0.2, 0.25) is 11.7 Å². The highest BCUT2D eigenvalue weighted by molar-refractivity contribution is 5.86. The molecule has 1 aromatic carbocycles. The molecule has 2 saturated carbocycles. The van der Waals surface area contributed by atoms with Gasteiger partial charge in [0.25, 0.3) is 0 Å². The van der Waals surface area contributed by atoms with Gasteiger partial charge in [0.05, 0.1) is 39.7 Å². The van der Waals surface area contributed by atoms with Gasteiger partial charge in [0.15, 0.2) is 11.5 Å². The van der Waals surface area contributed by atoms with Crippen LogP contribution in [0.3, 0.4) is 0 Å². The minimum absolute atomic E-state index is 0.0275. The summed E-state index contributed by atoms with van der Waals surface area (Å²) in [4.78, 5) is 28.3. The van der Waals surface area contributed by atoms with E-state index in [0.29, 0.717) is 55.0 Å². The fraction of sp³-hybridized carbons (Fsp3) is 0.733. The van der Waals surface area contributed by atoms with Gasteiger partial charge in [0.1, 0.15) is 6.10 Å². The first-order valence-electron chi connectivity index (χ1n) is 14.5. The molecule has 10 nitrogen and oxygen atoms in total. The maximum Gasteiger partial charge on any atom is 0.411 e. The summed E-state index contributed by atoms with van der Waals surface area (Å²) >= 11 is 0. The molecule has 1 aromatic rings. The van der Waals surface area contributed by atoms with Crippen LogP contribution in [0.2, 0.25) is 0 Å². The van der Waals surface area contributed by atoms with Crippen molar-refractivity contribution in [1.82, 2.24) is 4.90 Å². The predicted octanol–water partition coefficient (Wildman–Crippen LogP) is 4.22. The number of methoxy groups -OCH3 is 3. The van der Waals surface area contributed by atoms with Crippen molar-refractivity contribution in [2.24, 2.45) is 22.7 Å². The van der Waals surface area contributed by atoms with Crippen molar-refractivity contribution in [3.63, 3.8) is 0 Å². The molecule has 2 amide bonds. The van der Waals surface area contributed by atoms with Crippen molar-refractivity contribution in [3.8, 4) is 17.2 Å². The Bertz CT molecular complexity index is 1040. The summed E-state index contributed by atoms with van der Waals surface area (Å²) < 4.78 is 22.1. The van der Waals surface area contributed by atoms with Crippen LogP contribution in [-0.4, -0.2) is 80.3 Å². The standard InChI is InChI=1S/C30H46N2O8/c1-29-12-11-25(40-28(36)31-19-15-22(37-3)27(39-5)23(16-19)38-4)30(2,18-33)24(29)10-9-21(34)20(29)17-26(35)32-13-7-6-8-14-32/h15-16,20-21,24-25,33-34H,6-14,17-18H2,1-5H3,(H,31,36)/t20-,21-,24?,25-,29+,30+/m1/s1. The minimum Gasteiger partial charge on any atom is -0.493 e. The third-order valence-electron chi connectivity index (χ3n) is 9.94. The fourth-order valence-corrected chi connectivity index (χ4v) is 7.67. The van der Waals surface area contributed by atoms with Crippen LogP contribution in [0.25, 0.3) is 0 Å². The smallest absolute Gasteiger partial charge is 0.411 e. The Balaban J connectivity index is 1.50. The van der Waals surface area contributed by atoms with Crippen LogP contribution in [-0.2, 0) is 9.53 Å². The Labute approximate surface area is 237 Å². The first-order valence-corrected chi connectivity index (χ1v) is 14.5. The number of carbonyl (C=O) groups excluding carboxylic acids is 2. The van der Waals surface area contributed by atoms with Gasteiger partial charge in [-0.05, 0) is 62.2 Å². The molecule has 2 aliphatic carbocycles. The van der Waals surface area contributed by atoms with Crippen LogP contribution >= 0.6 is 0 Å². The molecular formula is C30H46N2O8. The zero-order valence-corrected chi connectivity index (χ0v) is 24.5. The van der Waals surface area contributed by atoms with Crippen LogP contribution in [0.15, 0.2) is 12.1 Å². The van der Waals surface area contributed by atoms with E-state index in [1.165, 1.54) is 21.3 Å². The molecule has 1 saturated heterocycles. The number of ether oxygens (including phenoxy) is 4. The predicted molar refractivity (Wildman–Crippen MR) is 150 cm³/mol. The number of hydrogen-bond donors (Lipinski definition) is 3. The normalized spacial score (nSPS) is 32.0. The minimum atomic E-state index is -0.730. The van der Waals surface area contributed by atoms with Crippen molar-refractivity contribution < 1.29 is 38.7 Å². The molecule has 0 bridgehead atoms. The number of amides is 2. The van der Waals surface area contributed by atoms with Crippen molar-refractivity contribution in [1.29, 1.82) is 0 Å². The van der Waals surface area contributed by atoms with E-state index in [2.05, 4.69) is 12.2 Å². The number of nitrogens with one attached hydrogen (secondary N) is 1. The molecule has 224 valence electrons. The molecule has 3 fully saturated rings. The lowest BCUT2D eigenvalue weighted by molar-refractivity contribution is -0.186. The van der Waals surface area contributed by atoms with E-state index in [1.807, 2.05) is 11.8 Å². The summed E-state index contributed by atoms with van der Waals surface area (Å²) in [7, 11) is 4.51. The van der Waals surface area contributed by atoms with E-state index < -0.39 is 23.7 Å².